The number of rotatable bonds is 15. The molecule has 5 atom stereocenters. The third kappa shape index (κ3) is 9.84. The summed E-state index contributed by atoms with van der Waals surface area (Å²) in [5, 5.41) is 11.9. The maximum atomic E-state index is 13.9. The van der Waals surface area contributed by atoms with Gasteiger partial charge in [0.05, 0.1) is 6.61 Å². The summed E-state index contributed by atoms with van der Waals surface area (Å²) in [4.78, 5) is 53.0. The van der Waals surface area contributed by atoms with E-state index in [2.05, 4.69) is 21.3 Å². The van der Waals surface area contributed by atoms with Crippen molar-refractivity contribution in [3.63, 3.8) is 0 Å². The van der Waals surface area contributed by atoms with Crippen molar-refractivity contribution in [3.05, 3.63) is 102 Å². The number of benzene rings is 3. The van der Waals surface area contributed by atoms with Crippen molar-refractivity contribution < 1.29 is 28.7 Å². The highest BCUT2D eigenvalue weighted by Crippen LogP contribution is 2.70. The number of carbonyl (C=O) groups excluding carboxylic acids is 4. The van der Waals surface area contributed by atoms with Gasteiger partial charge >= 0.3 is 6.09 Å². The van der Waals surface area contributed by atoms with Crippen molar-refractivity contribution in [2.45, 2.75) is 71.1 Å². The number of alkyl carbamates (subject to hydrolysis) is 1. The van der Waals surface area contributed by atoms with E-state index in [1.807, 2.05) is 88.4 Å². The molecule has 3 aromatic carbocycles. The molecule has 10 heteroatoms. The Balaban J connectivity index is 1.23. The van der Waals surface area contributed by atoms with Gasteiger partial charge < -0.3 is 30.7 Å². The molecule has 0 aromatic heterocycles. The average Bonchev–Trinajstić information content (AvgIpc) is 3.67. The van der Waals surface area contributed by atoms with E-state index in [1.54, 1.807) is 24.3 Å². The minimum atomic E-state index is -0.937. The van der Waals surface area contributed by atoms with Gasteiger partial charge in [-0.3, -0.25) is 14.4 Å². The molecule has 0 radical (unpaired) electrons. The quantitative estimate of drug-likeness (QED) is 0.184. The van der Waals surface area contributed by atoms with Crippen LogP contribution in [-0.2, 0) is 27.2 Å². The number of amides is 4. The highest BCUT2D eigenvalue weighted by molar-refractivity contribution is 5.98. The van der Waals surface area contributed by atoms with E-state index in [-0.39, 0.29) is 23.7 Å². The van der Waals surface area contributed by atoms with Crippen molar-refractivity contribution in [2.75, 3.05) is 19.7 Å². The number of fused-ring (bicyclic) bond motifs is 1. The van der Waals surface area contributed by atoms with Gasteiger partial charge in [0.25, 0.3) is 5.91 Å². The zero-order valence-electron chi connectivity index (χ0n) is 28.8. The van der Waals surface area contributed by atoms with Gasteiger partial charge in [-0.05, 0) is 93.2 Å². The average molecular weight is 669 g/mol. The van der Waals surface area contributed by atoms with Crippen molar-refractivity contribution >= 4 is 23.8 Å². The molecule has 0 saturated heterocycles. The molecule has 0 heterocycles. The maximum absolute atomic E-state index is 13.9. The van der Waals surface area contributed by atoms with E-state index in [0.29, 0.717) is 43.5 Å². The normalized spacial score (nSPS) is 20.3. The van der Waals surface area contributed by atoms with Gasteiger partial charge in [0, 0.05) is 31.5 Å². The number of nitrogens with one attached hydrogen (secondary N) is 4. The van der Waals surface area contributed by atoms with Crippen LogP contribution in [0.15, 0.2) is 84.9 Å². The smallest absolute Gasteiger partial charge is 0.407 e. The van der Waals surface area contributed by atoms with E-state index in [4.69, 9.17) is 9.47 Å². The fourth-order valence-corrected chi connectivity index (χ4v) is 6.69. The molecule has 0 aliphatic heterocycles. The molecule has 2 saturated carbocycles. The lowest BCUT2D eigenvalue weighted by molar-refractivity contribution is -0.130. The second-order valence-electron chi connectivity index (χ2n) is 14.2. The van der Waals surface area contributed by atoms with E-state index >= 15 is 0 Å². The van der Waals surface area contributed by atoms with Gasteiger partial charge in [-0.15, -0.1) is 0 Å². The Morgan fingerprint density at radius 3 is 2.00 bits per heavy atom. The lowest BCUT2D eigenvalue weighted by Crippen LogP contribution is -2.56. The molecule has 0 bridgehead atoms. The summed E-state index contributed by atoms with van der Waals surface area (Å²) in [5.74, 6) is 0.387. The van der Waals surface area contributed by atoms with Crippen molar-refractivity contribution in [1.29, 1.82) is 0 Å². The van der Waals surface area contributed by atoms with Crippen LogP contribution < -0.4 is 26.0 Å². The molecule has 260 valence electrons. The van der Waals surface area contributed by atoms with Crippen LogP contribution in [0.25, 0.3) is 0 Å². The third-order valence-electron chi connectivity index (χ3n) is 9.26. The Hall–Kier alpha value is -4.86. The first-order valence-corrected chi connectivity index (χ1v) is 17.1. The third-order valence-corrected chi connectivity index (χ3v) is 9.26. The Kier molecular flexibility index (Phi) is 11.3. The van der Waals surface area contributed by atoms with Gasteiger partial charge in [-0.2, -0.15) is 0 Å². The predicted octanol–water partition coefficient (Wildman–Crippen LogP) is 4.82. The first kappa shape index (κ1) is 35.4. The molecule has 4 amide bonds. The topological polar surface area (TPSA) is 135 Å². The molecule has 2 fully saturated rings. The van der Waals surface area contributed by atoms with Crippen molar-refractivity contribution in [2.24, 2.45) is 17.3 Å². The second-order valence-corrected chi connectivity index (χ2v) is 14.2. The van der Waals surface area contributed by atoms with Crippen LogP contribution in [0.1, 0.15) is 62.0 Å². The predicted molar refractivity (Wildman–Crippen MR) is 187 cm³/mol. The van der Waals surface area contributed by atoms with E-state index in [9.17, 15) is 19.2 Å². The lowest BCUT2D eigenvalue weighted by atomic mass is 9.74. The molecule has 0 spiro atoms. The molecular weight excluding hydrogens is 620 g/mol. The van der Waals surface area contributed by atoms with Crippen molar-refractivity contribution in [3.8, 4) is 5.75 Å². The highest BCUT2D eigenvalue weighted by atomic mass is 16.6. The van der Waals surface area contributed by atoms with Crippen LogP contribution in [-0.4, -0.2) is 61.2 Å². The van der Waals surface area contributed by atoms with Gasteiger partial charge in [0.2, 0.25) is 11.8 Å². The van der Waals surface area contributed by atoms with E-state index in [1.165, 1.54) is 0 Å². The molecule has 49 heavy (non-hydrogen) atoms. The number of ether oxygens (including phenoxy) is 2. The number of hydrogen-bond acceptors (Lipinski definition) is 6. The molecule has 3 aromatic rings. The van der Waals surface area contributed by atoms with Crippen LogP contribution in [0.2, 0.25) is 0 Å². The molecule has 2 aliphatic carbocycles. The van der Waals surface area contributed by atoms with Gasteiger partial charge in [0.1, 0.15) is 23.4 Å². The fraction of sp³-hybridized carbons (Fsp3) is 0.436. The first-order chi connectivity index (χ1) is 23.4. The summed E-state index contributed by atoms with van der Waals surface area (Å²) in [7, 11) is 0. The van der Waals surface area contributed by atoms with Crippen LogP contribution >= 0.6 is 0 Å². The lowest BCUT2D eigenvalue weighted by Gasteiger charge is -2.35. The van der Waals surface area contributed by atoms with E-state index < -0.39 is 29.7 Å². The first-order valence-electron chi connectivity index (χ1n) is 17.1. The van der Waals surface area contributed by atoms with Crippen LogP contribution in [0.5, 0.6) is 5.75 Å². The zero-order chi connectivity index (χ0) is 35.0. The van der Waals surface area contributed by atoms with E-state index in [0.717, 1.165) is 29.7 Å². The molecular formula is C39H48N4O6. The fourth-order valence-electron chi connectivity index (χ4n) is 6.69. The molecule has 10 nitrogen and oxygen atoms in total. The minimum Gasteiger partial charge on any atom is -0.494 e. The number of carbonyl (C=O) groups is 4. The highest BCUT2D eigenvalue weighted by Gasteiger charge is 2.66. The molecule has 5 rings (SSSR count). The zero-order valence-corrected chi connectivity index (χ0v) is 28.8. The van der Waals surface area contributed by atoms with Crippen LogP contribution in [0.4, 0.5) is 4.79 Å². The molecule has 4 N–H and O–H groups in total. The van der Waals surface area contributed by atoms with Gasteiger partial charge in [-0.1, -0.05) is 60.7 Å². The van der Waals surface area contributed by atoms with Gasteiger partial charge in [0.15, 0.2) is 0 Å². The van der Waals surface area contributed by atoms with Crippen LogP contribution in [0, 0.1) is 17.3 Å². The Morgan fingerprint density at radius 2 is 1.39 bits per heavy atom. The van der Waals surface area contributed by atoms with Crippen molar-refractivity contribution in [1.82, 2.24) is 21.3 Å². The summed E-state index contributed by atoms with van der Waals surface area (Å²) in [5.41, 5.74) is 1.64. The minimum absolute atomic E-state index is 0.0249. The summed E-state index contributed by atoms with van der Waals surface area (Å²) in [6.07, 6.45) is 1.98. The number of hydrogen-bond donors (Lipinski definition) is 4. The van der Waals surface area contributed by atoms with Gasteiger partial charge in [-0.25, -0.2) is 4.79 Å². The molecule has 2 unspecified atom stereocenters. The Bertz CT molecular complexity index is 1590. The Labute approximate surface area is 288 Å². The summed E-state index contributed by atoms with van der Waals surface area (Å²) in [6, 6.07) is 23.9. The summed E-state index contributed by atoms with van der Waals surface area (Å²) < 4.78 is 10.9. The summed E-state index contributed by atoms with van der Waals surface area (Å²) in [6.45, 7) is 9.00. The largest absolute Gasteiger partial charge is 0.494 e. The van der Waals surface area contributed by atoms with Crippen LogP contribution in [0.3, 0.4) is 0 Å². The second kappa shape index (κ2) is 15.6. The monoisotopic (exact) mass is 668 g/mol. The molecule has 2 aliphatic rings. The summed E-state index contributed by atoms with van der Waals surface area (Å²) >= 11 is 0. The maximum Gasteiger partial charge on any atom is 0.407 e. The standard InChI is InChI=1S/C39H48N4O6/c1-5-48-30-18-16-27(17-19-30)21-33(42-34(44)28-14-10-7-11-15-28)36(46)43-32(20-26-12-8-6-9-13-26)35(45)41-25-39-22-29(31(39)23-39)24-40-37(47)49-38(2,3)4/h6-19,29,31-33H,5,20-25H2,1-4H3,(H,40,47)(H,41,45)(H,42,44)(H,43,46)/t29-,31?,32+,33-,39?/m1/s1. The SMILES string of the molecule is CCOc1ccc(C[C@@H](NC(=O)c2ccccc2)C(=O)N[C@@H](Cc2ccccc2)C(=O)NCC23CC2[C@@H](CNC(=O)OC(C)(C)C)C3)cc1. The Morgan fingerprint density at radius 1 is 0.776 bits per heavy atom.